The van der Waals surface area contributed by atoms with Gasteiger partial charge in [-0.2, -0.15) is 0 Å². The van der Waals surface area contributed by atoms with Crippen LogP contribution in [0.1, 0.15) is 28.9 Å². The first kappa shape index (κ1) is 21.8. The van der Waals surface area contributed by atoms with Crippen LogP contribution in [0.3, 0.4) is 0 Å². The van der Waals surface area contributed by atoms with Crippen LogP contribution in [-0.4, -0.2) is 59.7 Å². The van der Waals surface area contributed by atoms with Gasteiger partial charge in [-0.05, 0) is 30.7 Å². The first-order valence-electron chi connectivity index (χ1n) is 9.37. The molecule has 3 amide bonds. The van der Waals surface area contributed by atoms with E-state index < -0.39 is 28.6 Å². The Kier molecular flexibility index (Phi) is 6.45. The van der Waals surface area contributed by atoms with Crippen molar-refractivity contribution in [1.29, 1.82) is 0 Å². The van der Waals surface area contributed by atoms with Crippen LogP contribution < -0.4 is 9.47 Å². The number of rotatable bonds is 6. The van der Waals surface area contributed by atoms with E-state index >= 15 is 0 Å². The molecule has 0 aliphatic carbocycles. The summed E-state index contributed by atoms with van der Waals surface area (Å²) in [6.45, 7) is 1.88. The number of carbonyl (C=O) groups is 3. The lowest BCUT2D eigenvalue weighted by Gasteiger charge is -2.25. The minimum absolute atomic E-state index is 0.236. The fraction of sp³-hybridized carbons (Fsp3) is 0.318. The quantitative estimate of drug-likeness (QED) is 0.362. The molecule has 1 aliphatic heterocycles. The Balaban J connectivity index is 1.92. The fourth-order valence-corrected chi connectivity index (χ4v) is 4.05. The number of amides is 3. The maximum absolute atomic E-state index is 13.3. The van der Waals surface area contributed by atoms with E-state index in [4.69, 9.17) is 9.47 Å². The van der Waals surface area contributed by atoms with E-state index in [2.05, 4.69) is 15.9 Å². The fourth-order valence-electron chi connectivity index (χ4n) is 3.57. The van der Waals surface area contributed by atoms with Crippen molar-refractivity contribution in [1.82, 2.24) is 9.80 Å². The summed E-state index contributed by atoms with van der Waals surface area (Å²) < 4.78 is 10.4. The highest BCUT2D eigenvalue weighted by atomic mass is 79.9. The predicted molar refractivity (Wildman–Crippen MR) is 115 cm³/mol. The van der Waals surface area contributed by atoms with Gasteiger partial charge in [0.15, 0.2) is 22.1 Å². The number of hydrogen-bond acceptors (Lipinski definition) is 5. The summed E-state index contributed by atoms with van der Waals surface area (Å²) >= 11 is 3.22. The molecular weight excluding hydrogens is 452 g/mol. The highest BCUT2D eigenvalue weighted by Crippen LogP contribution is 2.36. The second kappa shape index (κ2) is 8.87. The molecule has 0 bridgehead atoms. The van der Waals surface area contributed by atoms with Crippen molar-refractivity contribution < 1.29 is 23.9 Å². The third kappa shape index (κ3) is 3.79. The maximum Gasteiger partial charge on any atom is 0.327 e. The summed E-state index contributed by atoms with van der Waals surface area (Å²) in [6, 6.07) is 12.8. The molecule has 3 rings (SSSR count). The number of methoxy groups -OCH3 is 2. The molecule has 3 atom stereocenters. The Morgan fingerprint density at radius 1 is 1.03 bits per heavy atom. The zero-order chi connectivity index (χ0) is 22.0. The molecule has 30 heavy (non-hydrogen) atoms. The monoisotopic (exact) mass is 474 g/mol. The molecule has 0 aromatic heterocycles. The van der Waals surface area contributed by atoms with Crippen molar-refractivity contribution in [3.05, 3.63) is 59.7 Å². The van der Waals surface area contributed by atoms with Gasteiger partial charge in [0.05, 0.1) is 26.3 Å². The van der Waals surface area contributed by atoms with E-state index in [9.17, 15) is 14.4 Å². The van der Waals surface area contributed by atoms with Gasteiger partial charge in [0.1, 0.15) is 0 Å². The van der Waals surface area contributed by atoms with Crippen molar-refractivity contribution >= 4 is 33.7 Å². The topological polar surface area (TPSA) is 76.2 Å². The number of urea groups is 1. The van der Waals surface area contributed by atoms with E-state index in [0.717, 1.165) is 10.5 Å². The molecular formula is C22H23BrN2O5. The summed E-state index contributed by atoms with van der Waals surface area (Å²) in [6.07, 6.45) is 0. The van der Waals surface area contributed by atoms with Gasteiger partial charge in [0, 0.05) is 12.6 Å². The van der Waals surface area contributed by atoms with Crippen LogP contribution >= 0.6 is 15.9 Å². The van der Waals surface area contributed by atoms with Gasteiger partial charge >= 0.3 is 6.03 Å². The van der Waals surface area contributed by atoms with E-state index in [0.29, 0.717) is 11.5 Å². The summed E-state index contributed by atoms with van der Waals surface area (Å²) in [5, 5.41) is 0. The number of likely N-dealkylation sites (N-methyl/N-ethyl adjacent to an activating group) is 1. The van der Waals surface area contributed by atoms with Crippen LogP contribution in [0.15, 0.2) is 48.5 Å². The lowest BCUT2D eigenvalue weighted by atomic mass is 9.99. The number of carbonyl (C=O) groups excluding carboxylic acids is 3. The molecule has 0 radical (unpaired) electrons. The van der Waals surface area contributed by atoms with Crippen LogP contribution in [0.25, 0.3) is 0 Å². The van der Waals surface area contributed by atoms with Gasteiger partial charge in [-0.1, -0.05) is 46.3 Å². The van der Waals surface area contributed by atoms with Crippen molar-refractivity contribution in [3.63, 3.8) is 0 Å². The van der Waals surface area contributed by atoms with Gasteiger partial charge in [-0.25, -0.2) is 4.79 Å². The summed E-state index contributed by atoms with van der Waals surface area (Å²) in [4.78, 5) is 40.6. The number of alkyl halides is 1. The van der Waals surface area contributed by atoms with Crippen LogP contribution in [0.2, 0.25) is 0 Å². The van der Waals surface area contributed by atoms with Crippen molar-refractivity contribution in [2.75, 3.05) is 21.3 Å². The third-order valence-electron chi connectivity index (χ3n) is 5.35. The van der Waals surface area contributed by atoms with Crippen LogP contribution in [0.5, 0.6) is 11.5 Å². The predicted octanol–water partition coefficient (Wildman–Crippen LogP) is 3.67. The van der Waals surface area contributed by atoms with Gasteiger partial charge in [-0.15, -0.1) is 0 Å². The zero-order valence-corrected chi connectivity index (χ0v) is 18.8. The average molecular weight is 475 g/mol. The lowest BCUT2D eigenvalue weighted by Crippen LogP contribution is -2.43. The van der Waals surface area contributed by atoms with E-state index in [1.54, 1.807) is 19.2 Å². The van der Waals surface area contributed by atoms with E-state index in [1.807, 2.05) is 37.3 Å². The summed E-state index contributed by atoms with van der Waals surface area (Å²) in [5.41, 5.74) is 1.10. The van der Waals surface area contributed by atoms with Crippen LogP contribution in [-0.2, 0) is 4.79 Å². The van der Waals surface area contributed by atoms with Gasteiger partial charge in [0.2, 0.25) is 0 Å². The number of nitrogens with zero attached hydrogens (tertiary/aromatic N) is 2. The van der Waals surface area contributed by atoms with Crippen LogP contribution in [0, 0.1) is 0 Å². The molecule has 1 fully saturated rings. The summed E-state index contributed by atoms with van der Waals surface area (Å²) in [5.74, 6) is -0.225. The Bertz CT molecular complexity index is 965. The Morgan fingerprint density at radius 2 is 1.67 bits per heavy atom. The Morgan fingerprint density at radius 3 is 2.27 bits per heavy atom. The second-order valence-corrected chi connectivity index (χ2v) is 7.91. The number of Topliss-reactive ketones (excluding diaryl/α,β-unsaturated/α-hetero) is 1. The molecule has 2 aromatic carbocycles. The van der Waals surface area contributed by atoms with Crippen LogP contribution in [0.4, 0.5) is 4.79 Å². The SMILES string of the molecule is COc1ccc(C(=O)C(Br)C(=O)N2C(=O)N(C)[C@H](C)[C@@H]2c2ccccc2)cc1OC. The Labute approximate surface area is 183 Å². The molecule has 0 saturated carbocycles. The lowest BCUT2D eigenvalue weighted by molar-refractivity contribution is -0.127. The highest BCUT2D eigenvalue weighted by Gasteiger charge is 2.48. The minimum Gasteiger partial charge on any atom is -0.493 e. The Hall–Kier alpha value is -2.87. The zero-order valence-electron chi connectivity index (χ0n) is 17.2. The van der Waals surface area contributed by atoms with E-state index in [-0.39, 0.29) is 11.6 Å². The molecule has 2 aromatic rings. The highest BCUT2D eigenvalue weighted by molar-refractivity contribution is 9.10. The maximum atomic E-state index is 13.3. The third-order valence-corrected chi connectivity index (χ3v) is 6.15. The van der Waals surface area contributed by atoms with Crippen molar-refractivity contribution in [2.24, 2.45) is 0 Å². The second-order valence-electron chi connectivity index (χ2n) is 6.99. The number of benzene rings is 2. The average Bonchev–Trinajstić information content (AvgIpc) is 3.01. The smallest absolute Gasteiger partial charge is 0.327 e. The normalized spacial score (nSPS) is 19.6. The van der Waals surface area contributed by atoms with Gasteiger partial charge in [0.25, 0.3) is 5.91 Å². The molecule has 7 nitrogen and oxygen atoms in total. The largest absolute Gasteiger partial charge is 0.493 e. The molecule has 0 N–H and O–H groups in total. The van der Waals surface area contributed by atoms with Crippen molar-refractivity contribution in [3.8, 4) is 11.5 Å². The molecule has 0 spiro atoms. The number of halogens is 1. The minimum atomic E-state index is -1.22. The molecule has 8 heteroatoms. The number of hydrogen-bond donors (Lipinski definition) is 0. The number of imide groups is 1. The molecule has 158 valence electrons. The molecule has 1 aliphatic rings. The van der Waals surface area contributed by atoms with Crippen molar-refractivity contribution in [2.45, 2.75) is 23.8 Å². The molecule has 1 saturated heterocycles. The number of ketones is 1. The molecule has 1 unspecified atom stereocenters. The molecule has 1 heterocycles. The first-order valence-corrected chi connectivity index (χ1v) is 10.3. The van der Waals surface area contributed by atoms with Gasteiger partial charge in [-0.3, -0.25) is 14.5 Å². The first-order chi connectivity index (χ1) is 14.3. The number of ether oxygens (including phenoxy) is 2. The van der Waals surface area contributed by atoms with Gasteiger partial charge < -0.3 is 14.4 Å². The van der Waals surface area contributed by atoms with E-state index in [1.165, 1.54) is 25.2 Å². The summed E-state index contributed by atoms with van der Waals surface area (Å²) in [7, 11) is 4.61. The standard InChI is InChI=1S/C22H23BrN2O5/c1-13-19(14-8-6-5-7-9-14)25(22(28)24(13)2)21(27)18(23)20(26)15-10-11-16(29-3)17(12-15)30-4/h5-13,18-19H,1-4H3/t13-,18?,19-/m1/s1.